The third-order valence-corrected chi connectivity index (χ3v) is 5.04. The van der Waals surface area contributed by atoms with Crippen molar-refractivity contribution in [2.45, 2.75) is 50.6 Å². The van der Waals surface area contributed by atoms with Crippen LogP contribution in [0.3, 0.4) is 0 Å². The van der Waals surface area contributed by atoms with Gasteiger partial charge in [0.1, 0.15) is 0 Å². The van der Waals surface area contributed by atoms with Gasteiger partial charge in [0, 0.05) is 11.8 Å². The number of amides is 1. The molecule has 0 saturated heterocycles. The summed E-state index contributed by atoms with van der Waals surface area (Å²) in [6.07, 6.45) is 4.47. The molecule has 3 N–H and O–H groups in total. The average molecular weight is 357 g/mol. The van der Waals surface area contributed by atoms with E-state index < -0.39 is 5.54 Å². The standard InChI is InChI=1S/C15H20N4O2S.ClH/c1-10(20)17-11(12-5-4-8-22-12)9-13-18-14(19-21-13)15(16)6-2-3-7-15;/h4-5,8,11H,2-3,6-7,9,16H2,1H3,(H,17,20);1H. The summed E-state index contributed by atoms with van der Waals surface area (Å²) in [6, 6.07) is 3.80. The van der Waals surface area contributed by atoms with E-state index in [1.54, 1.807) is 11.3 Å². The number of rotatable bonds is 5. The van der Waals surface area contributed by atoms with Gasteiger partial charge in [0.25, 0.3) is 0 Å². The summed E-state index contributed by atoms with van der Waals surface area (Å²) < 4.78 is 5.36. The van der Waals surface area contributed by atoms with Crippen LogP contribution in [0.2, 0.25) is 0 Å². The van der Waals surface area contributed by atoms with Gasteiger partial charge in [0.2, 0.25) is 11.8 Å². The molecule has 1 atom stereocenters. The third-order valence-electron chi connectivity index (χ3n) is 4.05. The predicted octanol–water partition coefficient (Wildman–Crippen LogP) is 2.70. The number of nitrogens with two attached hydrogens (primary N) is 1. The molecule has 1 amide bonds. The van der Waals surface area contributed by atoms with Gasteiger partial charge < -0.3 is 15.6 Å². The molecule has 23 heavy (non-hydrogen) atoms. The van der Waals surface area contributed by atoms with Crippen molar-refractivity contribution in [1.82, 2.24) is 15.5 Å². The molecule has 0 aliphatic heterocycles. The number of thiophene rings is 1. The van der Waals surface area contributed by atoms with Crippen molar-refractivity contribution >= 4 is 29.7 Å². The maximum atomic E-state index is 11.4. The molecule has 8 heteroatoms. The lowest BCUT2D eigenvalue weighted by molar-refractivity contribution is -0.119. The van der Waals surface area contributed by atoms with E-state index in [-0.39, 0.29) is 24.4 Å². The summed E-state index contributed by atoms with van der Waals surface area (Å²) >= 11 is 1.59. The van der Waals surface area contributed by atoms with Gasteiger partial charge in [-0.1, -0.05) is 24.1 Å². The molecule has 0 aromatic carbocycles. The van der Waals surface area contributed by atoms with Crippen LogP contribution in [0.15, 0.2) is 22.0 Å². The fourth-order valence-corrected chi connectivity index (χ4v) is 3.68. The van der Waals surface area contributed by atoms with Gasteiger partial charge >= 0.3 is 0 Å². The Labute approximate surface area is 145 Å². The van der Waals surface area contributed by atoms with Crippen LogP contribution in [0.25, 0.3) is 0 Å². The highest BCUT2D eigenvalue weighted by molar-refractivity contribution is 7.10. The number of nitrogens with one attached hydrogen (secondary N) is 1. The predicted molar refractivity (Wildman–Crippen MR) is 90.5 cm³/mol. The number of halogens is 1. The molecule has 126 valence electrons. The van der Waals surface area contributed by atoms with Crippen LogP contribution in [0.4, 0.5) is 0 Å². The van der Waals surface area contributed by atoms with Crippen LogP contribution < -0.4 is 11.1 Å². The fraction of sp³-hybridized carbons (Fsp3) is 0.533. The minimum Gasteiger partial charge on any atom is -0.348 e. The number of hydrogen-bond donors (Lipinski definition) is 2. The maximum Gasteiger partial charge on any atom is 0.229 e. The molecule has 0 spiro atoms. The second kappa shape index (κ2) is 7.42. The molecule has 1 unspecified atom stereocenters. The summed E-state index contributed by atoms with van der Waals surface area (Å²) in [6.45, 7) is 1.51. The van der Waals surface area contributed by atoms with E-state index in [2.05, 4.69) is 15.5 Å². The Morgan fingerprint density at radius 1 is 1.52 bits per heavy atom. The number of carbonyl (C=O) groups is 1. The van der Waals surface area contributed by atoms with Crippen molar-refractivity contribution < 1.29 is 9.32 Å². The molecule has 3 rings (SSSR count). The van der Waals surface area contributed by atoms with Gasteiger partial charge in [0.05, 0.1) is 18.0 Å². The van der Waals surface area contributed by atoms with Gasteiger partial charge in [-0.2, -0.15) is 4.98 Å². The summed E-state index contributed by atoms with van der Waals surface area (Å²) in [5.74, 6) is 1.02. The normalized spacial score (nSPS) is 17.5. The molecule has 1 fully saturated rings. The first-order valence-electron chi connectivity index (χ1n) is 7.49. The minimum atomic E-state index is -0.450. The van der Waals surface area contributed by atoms with E-state index in [1.165, 1.54) is 6.92 Å². The molecule has 1 aliphatic rings. The van der Waals surface area contributed by atoms with E-state index in [9.17, 15) is 4.79 Å². The van der Waals surface area contributed by atoms with Crippen LogP contribution in [0.5, 0.6) is 0 Å². The Kier molecular flexibility index (Phi) is 5.78. The first-order valence-corrected chi connectivity index (χ1v) is 8.37. The van der Waals surface area contributed by atoms with E-state index in [4.69, 9.17) is 10.3 Å². The zero-order valence-electron chi connectivity index (χ0n) is 12.9. The monoisotopic (exact) mass is 356 g/mol. The first kappa shape index (κ1) is 17.9. The van der Waals surface area contributed by atoms with Crippen molar-refractivity contribution in [3.8, 4) is 0 Å². The third kappa shape index (κ3) is 4.10. The first-order chi connectivity index (χ1) is 10.6. The maximum absolute atomic E-state index is 11.4. The lowest BCUT2D eigenvalue weighted by atomic mass is 9.99. The summed E-state index contributed by atoms with van der Waals surface area (Å²) in [7, 11) is 0. The lowest BCUT2D eigenvalue weighted by Gasteiger charge is -2.18. The topological polar surface area (TPSA) is 94.0 Å². The highest BCUT2D eigenvalue weighted by Gasteiger charge is 2.36. The van der Waals surface area contributed by atoms with E-state index in [0.717, 1.165) is 30.6 Å². The second-order valence-electron chi connectivity index (χ2n) is 5.85. The van der Waals surface area contributed by atoms with Crippen LogP contribution in [0.1, 0.15) is 55.2 Å². The summed E-state index contributed by atoms with van der Waals surface area (Å²) in [5, 5.41) is 8.98. The van der Waals surface area contributed by atoms with Crippen molar-refractivity contribution in [1.29, 1.82) is 0 Å². The molecular formula is C15H21ClN4O2S. The molecule has 6 nitrogen and oxygen atoms in total. The number of aromatic nitrogens is 2. The Bertz CT molecular complexity index is 638. The largest absolute Gasteiger partial charge is 0.348 e. The van der Waals surface area contributed by atoms with Crippen LogP contribution in [-0.2, 0) is 16.8 Å². The average Bonchev–Trinajstić information content (AvgIpc) is 3.18. The number of nitrogens with zero attached hydrogens (tertiary/aromatic N) is 2. The highest BCUT2D eigenvalue weighted by Crippen LogP contribution is 2.34. The van der Waals surface area contributed by atoms with Crippen LogP contribution in [0, 0.1) is 0 Å². The van der Waals surface area contributed by atoms with Gasteiger partial charge in [0.15, 0.2) is 5.82 Å². The smallest absolute Gasteiger partial charge is 0.229 e. The molecule has 1 saturated carbocycles. The Hall–Kier alpha value is -1.44. The zero-order valence-corrected chi connectivity index (χ0v) is 14.6. The van der Waals surface area contributed by atoms with Gasteiger partial charge in [-0.05, 0) is 24.3 Å². The second-order valence-corrected chi connectivity index (χ2v) is 6.83. The SMILES string of the molecule is CC(=O)NC(Cc1nc(C2(N)CCCC2)no1)c1cccs1.Cl. The van der Waals surface area contributed by atoms with E-state index in [1.807, 2.05) is 17.5 Å². The van der Waals surface area contributed by atoms with Gasteiger partial charge in [-0.3, -0.25) is 4.79 Å². The quantitative estimate of drug-likeness (QED) is 0.858. The lowest BCUT2D eigenvalue weighted by Crippen LogP contribution is -2.34. The molecule has 0 bridgehead atoms. The number of hydrogen-bond acceptors (Lipinski definition) is 6. The molecule has 0 radical (unpaired) electrons. The summed E-state index contributed by atoms with van der Waals surface area (Å²) in [5.41, 5.74) is 5.90. The molecule has 2 aromatic heterocycles. The van der Waals surface area contributed by atoms with Crippen molar-refractivity contribution in [3.05, 3.63) is 34.1 Å². The van der Waals surface area contributed by atoms with Crippen molar-refractivity contribution in [2.24, 2.45) is 5.73 Å². The van der Waals surface area contributed by atoms with Crippen molar-refractivity contribution in [2.75, 3.05) is 0 Å². The van der Waals surface area contributed by atoms with E-state index in [0.29, 0.717) is 18.1 Å². The van der Waals surface area contributed by atoms with Gasteiger partial charge in [-0.25, -0.2) is 0 Å². The molecule has 2 aromatic rings. The van der Waals surface area contributed by atoms with Gasteiger partial charge in [-0.15, -0.1) is 23.7 Å². The molecular weight excluding hydrogens is 336 g/mol. The number of carbonyl (C=O) groups excluding carboxylic acids is 1. The Morgan fingerprint density at radius 3 is 2.87 bits per heavy atom. The Morgan fingerprint density at radius 2 is 2.26 bits per heavy atom. The van der Waals surface area contributed by atoms with Crippen LogP contribution in [-0.4, -0.2) is 16.0 Å². The van der Waals surface area contributed by atoms with Crippen molar-refractivity contribution in [3.63, 3.8) is 0 Å². The summed E-state index contributed by atoms with van der Waals surface area (Å²) in [4.78, 5) is 17.0. The zero-order chi connectivity index (χ0) is 15.6. The minimum absolute atomic E-state index is 0. The van der Waals surface area contributed by atoms with E-state index >= 15 is 0 Å². The fourth-order valence-electron chi connectivity index (χ4n) is 2.90. The molecule has 1 aliphatic carbocycles. The van der Waals surface area contributed by atoms with Crippen LogP contribution >= 0.6 is 23.7 Å². The molecule has 2 heterocycles. The Balaban J connectivity index is 0.00000192. The highest BCUT2D eigenvalue weighted by atomic mass is 35.5.